The van der Waals surface area contributed by atoms with Crippen molar-refractivity contribution in [3.05, 3.63) is 35.9 Å². The van der Waals surface area contributed by atoms with Gasteiger partial charge in [0.05, 0.1) is 6.54 Å². The number of nitrogens with zero attached hydrogens (tertiary/aromatic N) is 1. The van der Waals surface area contributed by atoms with Crippen molar-refractivity contribution in [2.45, 2.75) is 44.6 Å². The minimum absolute atomic E-state index is 0.0764. The van der Waals surface area contributed by atoms with Crippen LogP contribution in [0.2, 0.25) is 0 Å². The molecule has 1 aliphatic rings. The molecule has 1 aromatic rings. The van der Waals surface area contributed by atoms with Gasteiger partial charge in [-0.25, -0.2) is 0 Å². The number of hydrogen-bond acceptors (Lipinski definition) is 3. The van der Waals surface area contributed by atoms with E-state index in [9.17, 15) is 4.79 Å². The Balaban J connectivity index is 1.65. The summed E-state index contributed by atoms with van der Waals surface area (Å²) in [6.45, 7) is 1.27. The smallest absolute Gasteiger partial charge is 0.320 e. The Morgan fingerprint density at radius 2 is 1.90 bits per heavy atom. The van der Waals surface area contributed by atoms with Crippen molar-refractivity contribution in [2.75, 3.05) is 20.1 Å². The maximum Gasteiger partial charge on any atom is 0.320 e. The fourth-order valence-electron chi connectivity index (χ4n) is 2.67. The van der Waals surface area contributed by atoms with Gasteiger partial charge in [0.25, 0.3) is 0 Å². The Labute approximate surface area is 121 Å². The molecule has 1 saturated carbocycles. The van der Waals surface area contributed by atoms with Crippen LogP contribution in [0.5, 0.6) is 0 Å². The van der Waals surface area contributed by atoms with Crippen LogP contribution >= 0.6 is 0 Å². The molecule has 20 heavy (non-hydrogen) atoms. The largest absolute Gasteiger partial charge is 0.461 e. The molecule has 0 N–H and O–H groups in total. The first-order valence-electron chi connectivity index (χ1n) is 7.66. The van der Waals surface area contributed by atoms with Crippen LogP contribution in [0.25, 0.3) is 0 Å². The molecule has 0 atom stereocenters. The van der Waals surface area contributed by atoms with E-state index in [0.29, 0.717) is 6.54 Å². The van der Waals surface area contributed by atoms with Crippen LogP contribution in [0.15, 0.2) is 30.3 Å². The minimum atomic E-state index is -0.0764. The summed E-state index contributed by atoms with van der Waals surface area (Å²) in [4.78, 5) is 13.9. The molecule has 3 nitrogen and oxygen atoms in total. The number of likely N-dealkylation sites (N-methyl/N-ethyl adjacent to an activating group) is 1. The van der Waals surface area contributed by atoms with Gasteiger partial charge < -0.3 is 4.74 Å². The monoisotopic (exact) mass is 275 g/mol. The van der Waals surface area contributed by atoms with Gasteiger partial charge in [-0.2, -0.15) is 0 Å². The molecule has 0 spiro atoms. The molecule has 0 unspecified atom stereocenters. The molecule has 1 fully saturated rings. The van der Waals surface area contributed by atoms with Crippen molar-refractivity contribution in [3.63, 3.8) is 0 Å². The van der Waals surface area contributed by atoms with Crippen LogP contribution < -0.4 is 0 Å². The molecule has 3 heteroatoms. The molecule has 0 bridgehead atoms. The lowest BCUT2D eigenvalue weighted by Crippen LogP contribution is -2.32. The first kappa shape index (κ1) is 15.0. The molecule has 1 aliphatic carbocycles. The number of esters is 1. The van der Waals surface area contributed by atoms with Gasteiger partial charge in [0, 0.05) is 6.54 Å². The van der Waals surface area contributed by atoms with Gasteiger partial charge in [-0.05, 0) is 44.7 Å². The maximum absolute atomic E-state index is 11.9. The highest BCUT2D eigenvalue weighted by Gasteiger charge is 2.18. The highest BCUT2D eigenvalue weighted by atomic mass is 16.5. The number of carbonyl (C=O) groups is 1. The van der Waals surface area contributed by atoms with Crippen molar-refractivity contribution >= 4 is 5.97 Å². The average Bonchev–Trinajstić information content (AvgIpc) is 2.47. The molecule has 1 aromatic carbocycles. The highest BCUT2D eigenvalue weighted by Crippen LogP contribution is 2.20. The lowest BCUT2D eigenvalue weighted by atomic mass is 9.98. The Kier molecular flexibility index (Phi) is 6.06. The number of hydrogen-bond donors (Lipinski definition) is 0. The molecule has 0 radical (unpaired) electrons. The van der Waals surface area contributed by atoms with E-state index in [1.165, 1.54) is 24.8 Å². The van der Waals surface area contributed by atoms with Crippen molar-refractivity contribution in [2.24, 2.45) is 0 Å². The number of ether oxygens (including phenoxy) is 1. The van der Waals surface area contributed by atoms with E-state index in [1.807, 2.05) is 30.1 Å². The summed E-state index contributed by atoms with van der Waals surface area (Å²) in [5, 5.41) is 0. The maximum atomic E-state index is 11.9. The average molecular weight is 275 g/mol. The summed E-state index contributed by atoms with van der Waals surface area (Å²) in [6.07, 6.45) is 6.89. The third kappa shape index (κ3) is 5.33. The van der Waals surface area contributed by atoms with Crippen molar-refractivity contribution in [1.29, 1.82) is 0 Å². The lowest BCUT2D eigenvalue weighted by molar-refractivity contribution is -0.151. The molecule has 0 amide bonds. The summed E-state index contributed by atoms with van der Waals surface area (Å²) in [6, 6.07) is 10.4. The molecule has 110 valence electrons. The first-order valence-corrected chi connectivity index (χ1v) is 7.66. The third-order valence-electron chi connectivity index (χ3n) is 3.87. The van der Waals surface area contributed by atoms with Crippen LogP contribution in [0, 0.1) is 0 Å². The zero-order valence-electron chi connectivity index (χ0n) is 12.4. The standard InChI is InChI=1S/C17H25NO2/c1-18(13-12-15-8-4-2-5-9-15)14-17(19)20-16-10-6-3-7-11-16/h2,4-5,8-9,16H,3,6-7,10-14H2,1H3. The van der Waals surface area contributed by atoms with Gasteiger partial charge in [0.1, 0.15) is 6.10 Å². The van der Waals surface area contributed by atoms with Crippen molar-refractivity contribution in [3.8, 4) is 0 Å². The zero-order chi connectivity index (χ0) is 14.2. The van der Waals surface area contributed by atoms with E-state index >= 15 is 0 Å². The fourth-order valence-corrected chi connectivity index (χ4v) is 2.67. The molecule has 2 rings (SSSR count). The predicted octanol–water partition coefficient (Wildman–Crippen LogP) is 3.04. The van der Waals surface area contributed by atoms with Crippen LogP contribution in [0.3, 0.4) is 0 Å². The van der Waals surface area contributed by atoms with Gasteiger partial charge in [-0.15, -0.1) is 0 Å². The van der Waals surface area contributed by atoms with E-state index in [4.69, 9.17) is 4.74 Å². The second kappa shape index (κ2) is 8.05. The van der Waals surface area contributed by atoms with Crippen LogP contribution in [-0.4, -0.2) is 37.1 Å². The van der Waals surface area contributed by atoms with E-state index < -0.39 is 0 Å². The van der Waals surface area contributed by atoms with Crippen molar-refractivity contribution < 1.29 is 9.53 Å². The Morgan fingerprint density at radius 3 is 2.60 bits per heavy atom. The van der Waals surface area contributed by atoms with E-state index in [1.54, 1.807) is 0 Å². The quantitative estimate of drug-likeness (QED) is 0.747. The number of carbonyl (C=O) groups excluding carboxylic acids is 1. The van der Waals surface area contributed by atoms with Crippen LogP contribution in [0.1, 0.15) is 37.7 Å². The molecule has 0 saturated heterocycles. The lowest BCUT2D eigenvalue weighted by Gasteiger charge is -2.23. The Bertz CT molecular complexity index is 399. The van der Waals surface area contributed by atoms with Crippen molar-refractivity contribution in [1.82, 2.24) is 4.90 Å². The third-order valence-corrected chi connectivity index (χ3v) is 3.87. The van der Waals surface area contributed by atoms with Gasteiger partial charge in [0.15, 0.2) is 0 Å². The van der Waals surface area contributed by atoms with Crippen LogP contribution in [0.4, 0.5) is 0 Å². The van der Waals surface area contributed by atoms with Crippen LogP contribution in [-0.2, 0) is 16.0 Å². The summed E-state index contributed by atoms with van der Waals surface area (Å²) in [5.74, 6) is -0.0764. The van der Waals surface area contributed by atoms with Gasteiger partial charge >= 0.3 is 5.97 Å². The Hall–Kier alpha value is -1.35. The van der Waals surface area contributed by atoms with Gasteiger partial charge in [0.2, 0.25) is 0 Å². The predicted molar refractivity (Wildman–Crippen MR) is 80.6 cm³/mol. The SMILES string of the molecule is CN(CCc1ccccc1)CC(=O)OC1CCCCC1. The molecular weight excluding hydrogens is 250 g/mol. The van der Waals surface area contributed by atoms with Gasteiger partial charge in [-0.1, -0.05) is 36.8 Å². The molecule has 0 aromatic heterocycles. The molecular formula is C17H25NO2. The number of benzene rings is 1. The summed E-state index contributed by atoms with van der Waals surface area (Å²) in [5.41, 5.74) is 1.31. The first-order chi connectivity index (χ1) is 9.74. The second-order valence-corrected chi connectivity index (χ2v) is 5.72. The van der Waals surface area contributed by atoms with E-state index in [2.05, 4.69) is 12.1 Å². The number of rotatable bonds is 6. The highest BCUT2D eigenvalue weighted by molar-refractivity contribution is 5.71. The topological polar surface area (TPSA) is 29.5 Å². The fraction of sp³-hybridized carbons (Fsp3) is 0.588. The molecule has 0 heterocycles. The Morgan fingerprint density at radius 1 is 1.20 bits per heavy atom. The molecule has 0 aliphatic heterocycles. The van der Waals surface area contributed by atoms with E-state index in [0.717, 1.165) is 25.8 Å². The van der Waals surface area contributed by atoms with E-state index in [-0.39, 0.29) is 12.1 Å². The summed E-state index contributed by atoms with van der Waals surface area (Å²) in [7, 11) is 1.98. The van der Waals surface area contributed by atoms with Gasteiger partial charge in [-0.3, -0.25) is 9.69 Å². The normalized spacial score (nSPS) is 16.3. The summed E-state index contributed by atoms with van der Waals surface area (Å²) >= 11 is 0. The second-order valence-electron chi connectivity index (χ2n) is 5.72. The minimum Gasteiger partial charge on any atom is -0.461 e. The zero-order valence-corrected chi connectivity index (χ0v) is 12.4. The summed E-state index contributed by atoms with van der Waals surface area (Å²) < 4.78 is 5.53.